The van der Waals surface area contributed by atoms with E-state index in [0.29, 0.717) is 6.54 Å². The maximum absolute atomic E-state index is 13.1. The summed E-state index contributed by atoms with van der Waals surface area (Å²) < 4.78 is 64.0. The number of halogens is 3. The molecular weight excluding hydrogens is 311 g/mol. The largest absolute Gasteiger partial charge is 0.394 e. The first-order chi connectivity index (χ1) is 9.50. The second kappa shape index (κ2) is 6.49. The van der Waals surface area contributed by atoms with Gasteiger partial charge >= 0.3 is 6.18 Å². The molecule has 1 saturated heterocycles. The fourth-order valence-electron chi connectivity index (χ4n) is 2.32. The molecule has 1 aliphatic heterocycles. The average molecular weight is 331 g/mol. The number of carbonyl (C=O) groups excluding carboxylic acids is 1. The van der Waals surface area contributed by atoms with E-state index in [4.69, 9.17) is 0 Å². The summed E-state index contributed by atoms with van der Waals surface area (Å²) in [6.07, 6.45) is -4.62. The molecule has 10 heteroatoms. The van der Waals surface area contributed by atoms with Crippen LogP contribution in [-0.4, -0.2) is 75.2 Å². The molecule has 1 aliphatic rings. The number of amides is 1. The number of hydrogen-bond acceptors (Lipinski definition) is 4. The maximum Gasteiger partial charge on any atom is 0.394 e. The summed E-state index contributed by atoms with van der Waals surface area (Å²) in [5.41, 5.74) is 0. The Balaban J connectivity index is 2.94. The van der Waals surface area contributed by atoms with Crippen molar-refractivity contribution in [3.8, 4) is 0 Å². The Hall–Kier alpha value is -0.870. The molecule has 6 nitrogen and oxygen atoms in total. The van der Waals surface area contributed by atoms with Crippen molar-refractivity contribution in [2.24, 2.45) is 5.92 Å². The topological polar surface area (TPSA) is 69.7 Å². The smallest absolute Gasteiger partial charge is 0.355 e. The standard InChI is InChI=1S/C11H20F3N3O3S/c1-4-15-10(18)7-17-5-8(11(12,13)14)9(6-17)21(19,20)16(2)3/h8-9H,4-7H2,1-3H3,(H,15,18)/t8-,9-/m1/s1. The minimum Gasteiger partial charge on any atom is -0.355 e. The molecule has 124 valence electrons. The van der Waals surface area contributed by atoms with Gasteiger partial charge in [0.2, 0.25) is 15.9 Å². The Kier molecular flexibility index (Phi) is 5.62. The average Bonchev–Trinajstić information content (AvgIpc) is 2.73. The summed E-state index contributed by atoms with van der Waals surface area (Å²) in [5, 5.41) is 0.899. The minimum atomic E-state index is -4.62. The van der Waals surface area contributed by atoms with Crippen LogP contribution in [0.15, 0.2) is 0 Å². The maximum atomic E-state index is 13.1. The minimum absolute atomic E-state index is 0.236. The van der Waals surface area contributed by atoms with Gasteiger partial charge in [-0.3, -0.25) is 9.69 Å². The van der Waals surface area contributed by atoms with Crippen molar-refractivity contribution in [2.45, 2.75) is 18.3 Å². The molecule has 1 fully saturated rings. The van der Waals surface area contributed by atoms with Crippen LogP contribution in [0.4, 0.5) is 13.2 Å². The normalized spacial score (nSPS) is 24.5. The number of likely N-dealkylation sites (N-methyl/N-ethyl adjacent to an activating group) is 1. The van der Waals surface area contributed by atoms with E-state index in [2.05, 4.69) is 5.32 Å². The van der Waals surface area contributed by atoms with Crippen molar-refractivity contribution in [3.05, 3.63) is 0 Å². The number of nitrogens with one attached hydrogen (secondary N) is 1. The first kappa shape index (κ1) is 18.2. The van der Waals surface area contributed by atoms with Crippen molar-refractivity contribution in [2.75, 3.05) is 40.3 Å². The summed E-state index contributed by atoms with van der Waals surface area (Å²) in [6.45, 7) is 1.04. The number of alkyl halides is 3. The fraction of sp³-hybridized carbons (Fsp3) is 0.909. The number of likely N-dealkylation sites (tertiary alicyclic amines) is 1. The molecule has 0 unspecified atom stereocenters. The summed E-state index contributed by atoms with van der Waals surface area (Å²) >= 11 is 0. The van der Waals surface area contributed by atoms with Crippen LogP contribution in [0.5, 0.6) is 0 Å². The highest BCUT2D eigenvalue weighted by atomic mass is 32.2. The van der Waals surface area contributed by atoms with Crippen LogP contribution in [0.2, 0.25) is 0 Å². The first-order valence-electron chi connectivity index (χ1n) is 6.47. The van der Waals surface area contributed by atoms with Crippen LogP contribution < -0.4 is 5.32 Å². The molecule has 21 heavy (non-hydrogen) atoms. The molecule has 0 aromatic heterocycles. The van der Waals surface area contributed by atoms with Crippen LogP contribution in [0.25, 0.3) is 0 Å². The molecule has 0 spiro atoms. The number of sulfonamides is 1. The van der Waals surface area contributed by atoms with Crippen LogP contribution >= 0.6 is 0 Å². The van der Waals surface area contributed by atoms with Gasteiger partial charge < -0.3 is 5.32 Å². The molecule has 0 aromatic rings. The van der Waals surface area contributed by atoms with E-state index in [1.165, 1.54) is 19.0 Å². The molecule has 1 N–H and O–H groups in total. The zero-order chi connectivity index (χ0) is 16.4. The number of rotatable bonds is 5. The van der Waals surface area contributed by atoms with Crippen LogP contribution in [0, 0.1) is 5.92 Å². The lowest BCUT2D eigenvalue weighted by atomic mass is 10.1. The third-order valence-electron chi connectivity index (χ3n) is 3.39. The SMILES string of the molecule is CCNC(=O)CN1C[C@@H](C(F)(F)F)[C@H](S(=O)(=O)N(C)C)C1. The molecule has 1 amide bonds. The van der Waals surface area contributed by atoms with Crippen LogP contribution in [-0.2, 0) is 14.8 Å². The van der Waals surface area contributed by atoms with E-state index in [1.807, 2.05) is 0 Å². The summed E-state index contributed by atoms with van der Waals surface area (Å²) in [5.74, 6) is -2.40. The van der Waals surface area contributed by atoms with Gasteiger partial charge in [0.1, 0.15) is 5.25 Å². The predicted molar refractivity (Wildman–Crippen MR) is 71.1 cm³/mol. The molecular formula is C11H20F3N3O3S. The second-order valence-electron chi connectivity index (χ2n) is 5.16. The monoisotopic (exact) mass is 331 g/mol. The van der Waals surface area contributed by atoms with Crippen molar-refractivity contribution in [3.63, 3.8) is 0 Å². The molecule has 0 radical (unpaired) electrons. The van der Waals surface area contributed by atoms with Crippen molar-refractivity contribution in [1.29, 1.82) is 0 Å². The Morgan fingerprint density at radius 2 is 1.90 bits per heavy atom. The van der Waals surface area contributed by atoms with E-state index in [9.17, 15) is 26.4 Å². The van der Waals surface area contributed by atoms with Gasteiger partial charge in [-0.05, 0) is 6.92 Å². The van der Waals surface area contributed by atoms with Gasteiger partial charge in [0.25, 0.3) is 0 Å². The second-order valence-corrected chi connectivity index (χ2v) is 7.53. The summed E-state index contributed by atoms with van der Waals surface area (Å²) in [4.78, 5) is 12.7. The zero-order valence-corrected chi connectivity index (χ0v) is 13.0. The van der Waals surface area contributed by atoms with E-state index in [1.54, 1.807) is 6.92 Å². The number of carbonyl (C=O) groups is 1. The molecule has 1 heterocycles. The van der Waals surface area contributed by atoms with Gasteiger partial charge in [0.05, 0.1) is 12.5 Å². The molecule has 0 aliphatic carbocycles. The third-order valence-corrected chi connectivity index (χ3v) is 5.66. The lowest BCUT2D eigenvalue weighted by Gasteiger charge is -2.24. The number of nitrogens with zero attached hydrogens (tertiary/aromatic N) is 2. The first-order valence-corrected chi connectivity index (χ1v) is 7.97. The summed E-state index contributed by atoms with van der Waals surface area (Å²) in [6, 6.07) is 0. The van der Waals surface area contributed by atoms with Gasteiger partial charge in [-0.25, -0.2) is 12.7 Å². The quantitative estimate of drug-likeness (QED) is 0.762. The van der Waals surface area contributed by atoms with E-state index in [0.717, 1.165) is 4.31 Å². The van der Waals surface area contributed by atoms with Crippen molar-refractivity contribution >= 4 is 15.9 Å². The Morgan fingerprint density at radius 1 is 1.33 bits per heavy atom. The van der Waals surface area contributed by atoms with Crippen LogP contribution in [0.1, 0.15) is 6.92 Å². The number of hydrogen-bond donors (Lipinski definition) is 1. The molecule has 1 rings (SSSR count). The lowest BCUT2D eigenvalue weighted by Crippen LogP contribution is -2.43. The van der Waals surface area contributed by atoms with Gasteiger partial charge in [-0.1, -0.05) is 0 Å². The van der Waals surface area contributed by atoms with Gasteiger partial charge in [-0.2, -0.15) is 13.2 Å². The Labute approximate surface area is 122 Å². The zero-order valence-electron chi connectivity index (χ0n) is 12.1. The highest BCUT2D eigenvalue weighted by Crippen LogP contribution is 2.37. The lowest BCUT2D eigenvalue weighted by molar-refractivity contribution is -0.170. The van der Waals surface area contributed by atoms with E-state index in [-0.39, 0.29) is 13.1 Å². The van der Waals surface area contributed by atoms with Gasteiger partial charge in [0.15, 0.2) is 0 Å². The highest BCUT2D eigenvalue weighted by molar-refractivity contribution is 7.89. The molecule has 0 aromatic carbocycles. The van der Waals surface area contributed by atoms with E-state index >= 15 is 0 Å². The van der Waals surface area contributed by atoms with Gasteiger partial charge in [0, 0.05) is 33.7 Å². The van der Waals surface area contributed by atoms with Crippen LogP contribution in [0.3, 0.4) is 0 Å². The third kappa shape index (κ3) is 4.30. The fourth-order valence-corrected chi connectivity index (χ4v) is 3.92. The Morgan fingerprint density at radius 3 is 2.33 bits per heavy atom. The van der Waals surface area contributed by atoms with Crippen molar-refractivity contribution < 1.29 is 26.4 Å². The van der Waals surface area contributed by atoms with E-state index < -0.39 is 39.8 Å². The molecule has 0 saturated carbocycles. The van der Waals surface area contributed by atoms with Crippen molar-refractivity contribution in [1.82, 2.24) is 14.5 Å². The highest BCUT2D eigenvalue weighted by Gasteiger charge is 2.55. The van der Waals surface area contributed by atoms with Gasteiger partial charge in [-0.15, -0.1) is 0 Å². The molecule has 2 atom stereocenters. The Bertz CT molecular complexity index is 479. The molecule has 0 bridgehead atoms. The summed E-state index contributed by atoms with van der Waals surface area (Å²) in [7, 11) is -1.64. The predicted octanol–water partition coefficient (Wildman–Crippen LogP) is -0.123.